The number of para-hydroxylation sites is 1. The Morgan fingerprint density at radius 3 is 3.00 bits per heavy atom. The van der Waals surface area contributed by atoms with Gasteiger partial charge in [-0.15, -0.1) is 0 Å². The molecule has 1 aromatic rings. The highest BCUT2D eigenvalue weighted by Gasteiger charge is 2.23. The molecule has 1 saturated heterocycles. The number of carbonyl (C=O) groups excluding carboxylic acids is 1. The topological polar surface area (TPSA) is 52.9 Å². The molecule has 1 amide bonds. The predicted octanol–water partition coefficient (Wildman–Crippen LogP) is 2.25. The number of nitrogens with zero attached hydrogens (tertiary/aromatic N) is 1. The van der Waals surface area contributed by atoms with Gasteiger partial charge >= 0.3 is 0 Å². The molecule has 0 aliphatic carbocycles. The second-order valence-corrected chi connectivity index (χ2v) is 4.86. The lowest BCUT2D eigenvalue weighted by molar-refractivity contribution is -0.119. The quantitative estimate of drug-likeness (QED) is 0.850. The van der Waals surface area contributed by atoms with Gasteiger partial charge < -0.3 is 5.32 Å². The Kier molecular flexibility index (Phi) is 3.47. The molecule has 0 saturated carbocycles. The van der Waals surface area contributed by atoms with Crippen LogP contribution in [0.1, 0.15) is 12.0 Å². The lowest BCUT2D eigenvalue weighted by atomic mass is 10.1. The van der Waals surface area contributed by atoms with E-state index < -0.39 is 0 Å². The molecule has 16 heavy (non-hydrogen) atoms. The van der Waals surface area contributed by atoms with Crippen molar-refractivity contribution in [1.82, 2.24) is 0 Å². The first-order valence-corrected chi connectivity index (χ1v) is 6.34. The van der Waals surface area contributed by atoms with E-state index in [1.54, 1.807) is 30.0 Å². The summed E-state index contributed by atoms with van der Waals surface area (Å²) < 4.78 is 0. The third-order valence-corrected chi connectivity index (χ3v) is 3.77. The Morgan fingerprint density at radius 1 is 1.50 bits per heavy atom. The van der Waals surface area contributed by atoms with Crippen LogP contribution in [0.5, 0.6) is 0 Å². The van der Waals surface area contributed by atoms with Crippen molar-refractivity contribution in [2.24, 2.45) is 5.92 Å². The van der Waals surface area contributed by atoms with Crippen LogP contribution in [0, 0.1) is 17.2 Å². The summed E-state index contributed by atoms with van der Waals surface area (Å²) in [6.07, 6.45) is 0.936. The average Bonchev–Trinajstić information content (AvgIpc) is 2.83. The lowest BCUT2D eigenvalue weighted by Crippen LogP contribution is -2.22. The Morgan fingerprint density at radius 2 is 2.31 bits per heavy atom. The predicted molar refractivity (Wildman–Crippen MR) is 65.2 cm³/mol. The van der Waals surface area contributed by atoms with E-state index in [4.69, 9.17) is 5.26 Å². The molecule has 0 spiro atoms. The van der Waals surface area contributed by atoms with E-state index in [9.17, 15) is 4.79 Å². The zero-order valence-corrected chi connectivity index (χ0v) is 9.59. The summed E-state index contributed by atoms with van der Waals surface area (Å²) in [5.41, 5.74) is 1.13. The van der Waals surface area contributed by atoms with Crippen molar-refractivity contribution < 1.29 is 4.79 Å². The molecule has 0 radical (unpaired) electrons. The van der Waals surface area contributed by atoms with E-state index in [-0.39, 0.29) is 11.8 Å². The number of rotatable bonds is 2. The first-order chi connectivity index (χ1) is 7.81. The zero-order chi connectivity index (χ0) is 11.4. The average molecular weight is 232 g/mol. The zero-order valence-electron chi connectivity index (χ0n) is 8.77. The summed E-state index contributed by atoms with van der Waals surface area (Å²) in [4.78, 5) is 11.8. The summed E-state index contributed by atoms with van der Waals surface area (Å²) in [6, 6.07) is 9.15. The van der Waals surface area contributed by atoms with Crippen LogP contribution in [0.2, 0.25) is 0 Å². The van der Waals surface area contributed by atoms with Gasteiger partial charge in [-0.05, 0) is 24.3 Å². The normalized spacial score (nSPS) is 19.1. The van der Waals surface area contributed by atoms with Gasteiger partial charge in [0.2, 0.25) is 5.91 Å². The fourth-order valence-corrected chi connectivity index (χ4v) is 2.89. The van der Waals surface area contributed by atoms with E-state index in [1.165, 1.54) is 0 Å². The molecule has 3 nitrogen and oxygen atoms in total. The summed E-state index contributed by atoms with van der Waals surface area (Å²) in [6.45, 7) is 0. The van der Waals surface area contributed by atoms with E-state index in [0.29, 0.717) is 11.3 Å². The fourth-order valence-electron chi connectivity index (χ4n) is 1.67. The van der Waals surface area contributed by atoms with E-state index >= 15 is 0 Å². The van der Waals surface area contributed by atoms with Crippen molar-refractivity contribution in [3.8, 4) is 6.07 Å². The maximum Gasteiger partial charge on any atom is 0.228 e. The summed E-state index contributed by atoms with van der Waals surface area (Å²) in [5.74, 6) is 2.07. The smallest absolute Gasteiger partial charge is 0.228 e. The van der Waals surface area contributed by atoms with Gasteiger partial charge in [0.05, 0.1) is 11.3 Å². The van der Waals surface area contributed by atoms with Gasteiger partial charge in [-0.1, -0.05) is 12.1 Å². The van der Waals surface area contributed by atoms with Crippen LogP contribution in [-0.2, 0) is 4.79 Å². The molecule has 2 rings (SSSR count). The van der Waals surface area contributed by atoms with Crippen LogP contribution in [0.3, 0.4) is 0 Å². The van der Waals surface area contributed by atoms with Crippen molar-refractivity contribution in [2.45, 2.75) is 6.42 Å². The number of nitrogens with one attached hydrogen (secondary N) is 1. The third kappa shape index (κ3) is 2.37. The van der Waals surface area contributed by atoms with E-state index in [2.05, 4.69) is 11.4 Å². The van der Waals surface area contributed by atoms with Crippen LogP contribution in [0.4, 0.5) is 5.69 Å². The first kappa shape index (κ1) is 11.0. The van der Waals surface area contributed by atoms with Crippen molar-refractivity contribution >= 4 is 23.4 Å². The summed E-state index contributed by atoms with van der Waals surface area (Å²) >= 11 is 1.81. The van der Waals surface area contributed by atoms with Gasteiger partial charge in [0.15, 0.2) is 0 Å². The number of hydrogen-bond acceptors (Lipinski definition) is 3. The molecular weight excluding hydrogens is 220 g/mol. The van der Waals surface area contributed by atoms with Crippen molar-refractivity contribution in [3.63, 3.8) is 0 Å². The molecule has 1 aliphatic rings. The number of carbonyl (C=O) groups is 1. The molecule has 1 aromatic carbocycles. The number of nitriles is 1. The highest BCUT2D eigenvalue weighted by Crippen LogP contribution is 2.25. The van der Waals surface area contributed by atoms with Gasteiger partial charge in [-0.25, -0.2) is 0 Å². The molecule has 1 heterocycles. The highest BCUT2D eigenvalue weighted by molar-refractivity contribution is 7.99. The molecule has 1 aliphatic heterocycles. The summed E-state index contributed by atoms with van der Waals surface area (Å²) in [7, 11) is 0. The molecule has 82 valence electrons. The standard InChI is InChI=1S/C12H12N2OS/c13-7-9-3-1-2-4-11(9)14-12(15)10-5-6-16-8-10/h1-4,10H,5-6,8H2,(H,14,15). The number of amides is 1. The fraction of sp³-hybridized carbons (Fsp3) is 0.333. The highest BCUT2D eigenvalue weighted by atomic mass is 32.2. The van der Waals surface area contributed by atoms with Gasteiger partial charge in [0.1, 0.15) is 6.07 Å². The minimum atomic E-state index is 0.0349. The molecular formula is C12H12N2OS. The maximum absolute atomic E-state index is 11.8. The molecule has 0 aromatic heterocycles. The number of anilines is 1. The number of benzene rings is 1. The van der Waals surface area contributed by atoms with Gasteiger partial charge in [-0.2, -0.15) is 17.0 Å². The molecule has 1 atom stereocenters. The van der Waals surface area contributed by atoms with Crippen molar-refractivity contribution in [2.75, 3.05) is 16.8 Å². The van der Waals surface area contributed by atoms with Crippen LogP contribution < -0.4 is 5.32 Å². The number of hydrogen-bond donors (Lipinski definition) is 1. The Hall–Kier alpha value is -1.47. The number of thioether (sulfide) groups is 1. The largest absolute Gasteiger partial charge is 0.325 e. The summed E-state index contributed by atoms with van der Waals surface area (Å²) in [5, 5.41) is 11.7. The molecule has 1 unspecified atom stereocenters. The van der Waals surface area contributed by atoms with Crippen LogP contribution in [0.25, 0.3) is 0 Å². The van der Waals surface area contributed by atoms with Crippen LogP contribution in [0.15, 0.2) is 24.3 Å². The SMILES string of the molecule is N#Cc1ccccc1NC(=O)C1CCSC1. The third-order valence-electron chi connectivity index (χ3n) is 2.61. The van der Waals surface area contributed by atoms with Crippen molar-refractivity contribution in [1.29, 1.82) is 5.26 Å². The first-order valence-electron chi connectivity index (χ1n) is 5.19. The lowest BCUT2D eigenvalue weighted by Gasteiger charge is -2.10. The Labute approximate surface area is 98.8 Å². The van der Waals surface area contributed by atoms with Crippen LogP contribution in [-0.4, -0.2) is 17.4 Å². The van der Waals surface area contributed by atoms with Gasteiger partial charge in [0.25, 0.3) is 0 Å². The minimum absolute atomic E-state index is 0.0349. The van der Waals surface area contributed by atoms with Crippen LogP contribution >= 0.6 is 11.8 Å². The second-order valence-electron chi connectivity index (χ2n) is 3.71. The Balaban J connectivity index is 2.08. The van der Waals surface area contributed by atoms with Gasteiger partial charge in [-0.3, -0.25) is 4.79 Å². The van der Waals surface area contributed by atoms with E-state index in [0.717, 1.165) is 17.9 Å². The molecule has 0 bridgehead atoms. The second kappa shape index (κ2) is 5.04. The molecule has 4 heteroatoms. The molecule has 1 fully saturated rings. The molecule has 1 N–H and O–H groups in total. The van der Waals surface area contributed by atoms with Crippen molar-refractivity contribution in [3.05, 3.63) is 29.8 Å². The monoisotopic (exact) mass is 232 g/mol. The maximum atomic E-state index is 11.8. The minimum Gasteiger partial charge on any atom is -0.325 e. The van der Waals surface area contributed by atoms with Gasteiger partial charge in [0, 0.05) is 11.7 Å². The Bertz CT molecular complexity index is 433. The van der Waals surface area contributed by atoms with E-state index in [1.807, 2.05) is 6.07 Å².